The Morgan fingerprint density at radius 2 is 1.86 bits per heavy atom. The van der Waals surface area contributed by atoms with E-state index in [1.165, 1.54) is 18.3 Å². The molecule has 1 heterocycles. The molecular weight excluding hydrogens is 370 g/mol. The Morgan fingerprint density at radius 1 is 1.14 bits per heavy atom. The van der Waals surface area contributed by atoms with Gasteiger partial charge < -0.3 is 0 Å². The van der Waals surface area contributed by atoms with Gasteiger partial charge in [-0.1, -0.05) is 51.1 Å². The summed E-state index contributed by atoms with van der Waals surface area (Å²) in [6.45, 7) is 6.06. The van der Waals surface area contributed by atoms with Crippen LogP contribution >= 0.6 is 0 Å². The molecule has 0 saturated carbocycles. The van der Waals surface area contributed by atoms with Gasteiger partial charge >= 0.3 is 0 Å². The van der Waals surface area contributed by atoms with E-state index < -0.39 is 10.8 Å². The van der Waals surface area contributed by atoms with Crippen molar-refractivity contribution in [3.05, 3.63) is 87.7 Å². The van der Waals surface area contributed by atoms with Gasteiger partial charge in [-0.3, -0.25) is 14.9 Å². The van der Waals surface area contributed by atoms with E-state index in [0.29, 0.717) is 11.3 Å². The molecule has 29 heavy (non-hydrogen) atoms. The zero-order valence-corrected chi connectivity index (χ0v) is 16.4. The number of nitrogens with zero attached hydrogens (tertiary/aromatic N) is 4. The van der Waals surface area contributed by atoms with Gasteiger partial charge in [-0.2, -0.15) is 10.2 Å². The zero-order valence-electron chi connectivity index (χ0n) is 16.4. The number of aromatic nitrogens is 2. The molecule has 2 aromatic carbocycles. The van der Waals surface area contributed by atoms with Crippen LogP contribution in [0.2, 0.25) is 0 Å². The number of carbonyl (C=O) groups is 1. The average Bonchev–Trinajstić information content (AvgIpc) is 3.15. The number of benzene rings is 2. The predicted molar refractivity (Wildman–Crippen MR) is 110 cm³/mol. The second-order valence-electron chi connectivity index (χ2n) is 7.46. The number of hydrogen-bond donors (Lipinski definition) is 1. The highest BCUT2D eigenvalue weighted by Crippen LogP contribution is 2.23. The summed E-state index contributed by atoms with van der Waals surface area (Å²) in [4.78, 5) is 23.1. The van der Waals surface area contributed by atoms with Crippen molar-refractivity contribution in [2.75, 3.05) is 0 Å². The Kier molecular flexibility index (Phi) is 5.54. The SMILES string of the molecule is CC(C)(C)c1cc(C(=O)NN=Cc2cccc([N+](=O)[O-])c2)n(-c2ccccc2)n1. The third-order valence-corrected chi connectivity index (χ3v) is 4.17. The minimum absolute atomic E-state index is 0.0442. The summed E-state index contributed by atoms with van der Waals surface area (Å²) in [6, 6.07) is 17.1. The summed E-state index contributed by atoms with van der Waals surface area (Å²) in [6.07, 6.45) is 1.36. The molecule has 1 N–H and O–H groups in total. The van der Waals surface area contributed by atoms with Crippen LogP contribution in [-0.4, -0.2) is 26.8 Å². The van der Waals surface area contributed by atoms with Gasteiger partial charge in [-0.15, -0.1) is 0 Å². The quantitative estimate of drug-likeness (QED) is 0.405. The van der Waals surface area contributed by atoms with Crippen LogP contribution in [0, 0.1) is 10.1 Å². The van der Waals surface area contributed by atoms with Crippen molar-refractivity contribution in [3.8, 4) is 5.69 Å². The van der Waals surface area contributed by atoms with Gasteiger partial charge in [0.05, 0.1) is 22.5 Å². The molecule has 3 rings (SSSR count). The van der Waals surface area contributed by atoms with E-state index >= 15 is 0 Å². The summed E-state index contributed by atoms with van der Waals surface area (Å²) in [5.74, 6) is -0.432. The fourth-order valence-electron chi connectivity index (χ4n) is 2.62. The second kappa shape index (κ2) is 8.05. The lowest BCUT2D eigenvalue weighted by atomic mass is 9.92. The number of para-hydroxylation sites is 1. The van der Waals surface area contributed by atoms with E-state index in [1.54, 1.807) is 22.9 Å². The first-order chi connectivity index (χ1) is 13.8. The Labute approximate surface area is 168 Å². The van der Waals surface area contributed by atoms with Crippen LogP contribution in [0.4, 0.5) is 5.69 Å². The average molecular weight is 391 g/mol. The molecule has 0 atom stereocenters. The highest BCUT2D eigenvalue weighted by molar-refractivity contribution is 5.94. The summed E-state index contributed by atoms with van der Waals surface area (Å²) >= 11 is 0. The molecule has 0 aliphatic heterocycles. The molecule has 0 bridgehead atoms. The van der Waals surface area contributed by atoms with Gasteiger partial charge in [0.1, 0.15) is 5.69 Å². The van der Waals surface area contributed by atoms with Gasteiger partial charge in [0.15, 0.2) is 0 Å². The first kappa shape index (κ1) is 19.9. The van der Waals surface area contributed by atoms with E-state index in [4.69, 9.17) is 0 Å². The van der Waals surface area contributed by atoms with Gasteiger partial charge in [0.2, 0.25) is 0 Å². The van der Waals surface area contributed by atoms with Crippen molar-refractivity contribution in [3.63, 3.8) is 0 Å². The number of rotatable bonds is 5. The first-order valence-electron chi connectivity index (χ1n) is 8.99. The summed E-state index contributed by atoms with van der Waals surface area (Å²) in [7, 11) is 0. The summed E-state index contributed by atoms with van der Waals surface area (Å²) in [5, 5.41) is 19.4. The first-order valence-corrected chi connectivity index (χ1v) is 8.99. The maximum absolute atomic E-state index is 12.8. The highest BCUT2D eigenvalue weighted by atomic mass is 16.6. The van der Waals surface area contributed by atoms with Crippen molar-refractivity contribution in [1.29, 1.82) is 0 Å². The number of nitro benzene ring substituents is 1. The Hall–Kier alpha value is -3.81. The smallest absolute Gasteiger partial charge is 0.266 e. The number of non-ortho nitro benzene ring substituents is 1. The number of hydrazone groups is 1. The van der Waals surface area contributed by atoms with Crippen molar-refractivity contribution < 1.29 is 9.72 Å². The second-order valence-corrected chi connectivity index (χ2v) is 7.46. The molecule has 148 valence electrons. The number of hydrogen-bond acceptors (Lipinski definition) is 5. The topological polar surface area (TPSA) is 102 Å². The van der Waals surface area contributed by atoms with E-state index in [9.17, 15) is 14.9 Å². The highest BCUT2D eigenvalue weighted by Gasteiger charge is 2.23. The van der Waals surface area contributed by atoms with E-state index in [1.807, 2.05) is 51.1 Å². The molecule has 8 heteroatoms. The van der Waals surface area contributed by atoms with E-state index in [0.717, 1.165) is 11.4 Å². The fraction of sp³-hybridized carbons (Fsp3) is 0.190. The zero-order chi connectivity index (χ0) is 21.0. The van der Waals surface area contributed by atoms with Crippen LogP contribution in [-0.2, 0) is 5.41 Å². The van der Waals surface area contributed by atoms with Crippen LogP contribution in [0.25, 0.3) is 5.69 Å². The lowest BCUT2D eigenvalue weighted by Gasteiger charge is -2.14. The van der Waals surface area contributed by atoms with E-state index in [-0.39, 0.29) is 11.1 Å². The molecule has 0 spiro atoms. The molecule has 0 aliphatic rings. The number of carbonyl (C=O) groups excluding carboxylic acids is 1. The lowest BCUT2D eigenvalue weighted by Crippen LogP contribution is -2.21. The Morgan fingerprint density at radius 3 is 2.52 bits per heavy atom. The minimum Gasteiger partial charge on any atom is -0.266 e. The summed E-state index contributed by atoms with van der Waals surface area (Å²) < 4.78 is 1.58. The molecule has 1 amide bonds. The molecule has 1 aromatic heterocycles. The molecule has 0 radical (unpaired) electrons. The third-order valence-electron chi connectivity index (χ3n) is 4.17. The van der Waals surface area contributed by atoms with Crippen LogP contribution in [0.3, 0.4) is 0 Å². The predicted octanol–water partition coefficient (Wildman–Crippen LogP) is 3.84. The standard InChI is InChI=1S/C21H21N5O3/c1-21(2,3)19-13-18(25(24-19)16-9-5-4-6-10-16)20(27)23-22-14-15-8-7-11-17(12-15)26(28)29/h4-14H,1-3H3,(H,23,27). The number of amides is 1. The van der Waals surface area contributed by atoms with Crippen molar-refractivity contribution in [2.24, 2.45) is 5.10 Å². The van der Waals surface area contributed by atoms with E-state index in [2.05, 4.69) is 15.6 Å². The van der Waals surface area contributed by atoms with Crippen LogP contribution < -0.4 is 5.43 Å². The molecular formula is C21H21N5O3. The molecule has 0 saturated heterocycles. The van der Waals surface area contributed by atoms with Gasteiger partial charge in [-0.25, -0.2) is 10.1 Å². The molecule has 3 aromatic rings. The number of nitro groups is 1. The molecule has 0 unspecified atom stereocenters. The Bertz CT molecular complexity index is 1070. The molecule has 8 nitrogen and oxygen atoms in total. The monoisotopic (exact) mass is 391 g/mol. The fourth-order valence-corrected chi connectivity index (χ4v) is 2.62. The maximum atomic E-state index is 12.8. The Balaban J connectivity index is 1.86. The minimum atomic E-state index is -0.484. The van der Waals surface area contributed by atoms with Crippen molar-refractivity contribution >= 4 is 17.8 Å². The van der Waals surface area contributed by atoms with Gasteiger partial charge in [0.25, 0.3) is 11.6 Å². The lowest BCUT2D eigenvalue weighted by molar-refractivity contribution is -0.384. The van der Waals surface area contributed by atoms with Crippen LogP contribution in [0.1, 0.15) is 42.5 Å². The molecule has 0 aliphatic carbocycles. The van der Waals surface area contributed by atoms with Crippen molar-refractivity contribution in [2.45, 2.75) is 26.2 Å². The maximum Gasteiger partial charge on any atom is 0.290 e. The van der Waals surface area contributed by atoms with Crippen LogP contribution in [0.5, 0.6) is 0 Å². The van der Waals surface area contributed by atoms with Gasteiger partial charge in [-0.05, 0) is 18.2 Å². The third kappa shape index (κ3) is 4.73. The largest absolute Gasteiger partial charge is 0.290 e. The summed E-state index contributed by atoms with van der Waals surface area (Å²) in [5.41, 5.74) is 4.57. The number of nitrogens with one attached hydrogen (secondary N) is 1. The molecule has 0 fully saturated rings. The van der Waals surface area contributed by atoms with Crippen LogP contribution in [0.15, 0.2) is 65.8 Å². The normalized spacial score (nSPS) is 11.6. The van der Waals surface area contributed by atoms with Crippen molar-refractivity contribution in [1.82, 2.24) is 15.2 Å². The van der Waals surface area contributed by atoms with Gasteiger partial charge in [0, 0.05) is 23.1 Å².